The molecule has 0 bridgehead atoms. The quantitative estimate of drug-likeness (QED) is 0.826. The van der Waals surface area contributed by atoms with Crippen LogP contribution in [0.1, 0.15) is 5.56 Å². The second kappa shape index (κ2) is 7.07. The molecule has 1 unspecified atom stereocenters. The van der Waals surface area contributed by atoms with E-state index in [4.69, 9.17) is 14.6 Å². The number of aliphatic carboxylic acids is 1. The van der Waals surface area contributed by atoms with Crippen molar-refractivity contribution < 1.29 is 19.4 Å². The van der Waals surface area contributed by atoms with E-state index < -0.39 is 5.97 Å². The number of morpholine rings is 1. The van der Waals surface area contributed by atoms with Gasteiger partial charge in [-0.2, -0.15) is 0 Å². The third kappa shape index (κ3) is 4.68. The molecule has 20 heavy (non-hydrogen) atoms. The molecule has 1 saturated heterocycles. The van der Waals surface area contributed by atoms with Gasteiger partial charge in [0.05, 0.1) is 6.61 Å². The van der Waals surface area contributed by atoms with Crippen LogP contribution in [0.5, 0.6) is 5.75 Å². The molecule has 2 rings (SSSR count). The maximum Gasteiger partial charge on any atom is 0.328 e. The summed E-state index contributed by atoms with van der Waals surface area (Å²) in [5.74, 6) is -0.246. The van der Waals surface area contributed by atoms with E-state index in [9.17, 15) is 4.79 Å². The minimum Gasteiger partial charge on any atom is -0.491 e. The summed E-state index contributed by atoms with van der Waals surface area (Å²) >= 11 is 0. The number of hydrogen-bond donors (Lipinski definition) is 1. The van der Waals surface area contributed by atoms with Crippen LogP contribution in [0.15, 0.2) is 30.3 Å². The molecule has 5 nitrogen and oxygen atoms in total. The number of carbonyl (C=O) groups is 1. The van der Waals surface area contributed by atoms with Crippen molar-refractivity contribution in [3.63, 3.8) is 0 Å². The molecule has 0 radical (unpaired) electrons. The largest absolute Gasteiger partial charge is 0.491 e. The van der Waals surface area contributed by atoms with Gasteiger partial charge in [0.1, 0.15) is 18.5 Å². The fourth-order valence-electron chi connectivity index (χ4n) is 2.03. The predicted octanol–water partition coefficient (Wildman–Crippen LogP) is 1.49. The van der Waals surface area contributed by atoms with Crippen LogP contribution in [-0.2, 0) is 9.53 Å². The Kier molecular flexibility index (Phi) is 5.15. The molecule has 1 atom stereocenters. The maximum atomic E-state index is 10.5. The Morgan fingerprint density at radius 1 is 1.60 bits per heavy atom. The van der Waals surface area contributed by atoms with Crippen molar-refractivity contribution in [1.29, 1.82) is 0 Å². The lowest BCUT2D eigenvalue weighted by Gasteiger charge is -2.29. The Morgan fingerprint density at radius 2 is 2.45 bits per heavy atom. The first-order valence-corrected chi connectivity index (χ1v) is 6.57. The highest BCUT2D eigenvalue weighted by molar-refractivity contribution is 5.85. The minimum atomic E-state index is -0.963. The van der Waals surface area contributed by atoms with Crippen LogP contribution in [-0.4, -0.2) is 55.4 Å². The highest BCUT2D eigenvalue weighted by Gasteiger charge is 2.18. The molecule has 0 amide bonds. The summed E-state index contributed by atoms with van der Waals surface area (Å²) in [6, 6.07) is 7.33. The molecule has 0 aliphatic carbocycles. The normalized spacial score (nSPS) is 20.1. The van der Waals surface area contributed by atoms with E-state index in [0.29, 0.717) is 6.61 Å². The van der Waals surface area contributed by atoms with Crippen LogP contribution in [0, 0.1) is 0 Å². The Labute approximate surface area is 118 Å². The predicted molar refractivity (Wildman–Crippen MR) is 75.8 cm³/mol. The lowest BCUT2D eigenvalue weighted by molar-refractivity contribution is -0.131. The zero-order valence-corrected chi connectivity index (χ0v) is 11.5. The zero-order chi connectivity index (χ0) is 14.4. The van der Waals surface area contributed by atoms with Crippen molar-refractivity contribution in [3.05, 3.63) is 35.9 Å². The van der Waals surface area contributed by atoms with Crippen molar-refractivity contribution >= 4 is 12.0 Å². The Balaban J connectivity index is 1.89. The number of benzene rings is 1. The second-order valence-corrected chi connectivity index (χ2v) is 4.81. The molecule has 1 fully saturated rings. The molecule has 1 heterocycles. The van der Waals surface area contributed by atoms with E-state index in [0.717, 1.165) is 37.1 Å². The van der Waals surface area contributed by atoms with Crippen LogP contribution in [0.3, 0.4) is 0 Å². The fourth-order valence-corrected chi connectivity index (χ4v) is 2.03. The molecular formula is C15H19NO4. The van der Waals surface area contributed by atoms with E-state index >= 15 is 0 Å². The van der Waals surface area contributed by atoms with Crippen LogP contribution < -0.4 is 4.74 Å². The molecule has 1 aliphatic rings. The van der Waals surface area contributed by atoms with Crippen molar-refractivity contribution in [1.82, 2.24) is 4.90 Å². The van der Waals surface area contributed by atoms with Crippen LogP contribution in [0.25, 0.3) is 6.08 Å². The van der Waals surface area contributed by atoms with Gasteiger partial charge in [0.25, 0.3) is 0 Å². The molecular weight excluding hydrogens is 258 g/mol. The number of carboxylic acid groups (broad SMARTS) is 1. The van der Waals surface area contributed by atoms with Crippen LogP contribution in [0.4, 0.5) is 0 Å². The molecule has 1 N–H and O–H groups in total. The van der Waals surface area contributed by atoms with Crippen molar-refractivity contribution in [2.45, 2.75) is 6.10 Å². The summed E-state index contributed by atoms with van der Waals surface area (Å²) in [5.41, 5.74) is 0.798. The standard InChI is InChI=1S/C15H19NO4/c1-16-7-8-19-14(10-16)11-20-13-4-2-3-12(9-13)5-6-15(17)18/h2-6,9,14H,7-8,10-11H2,1H3,(H,17,18). The molecule has 0 aromatic heterocycles. The van der Waals surface area contributed by atoms with E-state index in [-0.39, 0.29) is 6.10 Å². The van der Waals surface area contributed by atoms with Gasteiger partial charge < -0.3 is 19.5 Å². The Morgan fingerprint density at radius 3 is 3.20 bits per heavy atom. The van der Waals surface area contributed by atoms with Gasteiger partial charge in [0.2, 0.25) is 0 Å². The highest BCUT2D eigenvalue weighted by Crippen LogP contribution is 2.15. The summed E-state index contributed by atoms with van der Waals surface area (Å²) in [6.07, 6.45) is 2.73. The average Bonchev–Trinajstić information content (AvgIpc) is 2.43. The van der Waals surface area contributed by atoms with Gasteiger partial charge in [-0.15, -0.1) is 0 Å². The zero-order valence-electron chi connectivity index (χ0n) is 11.5. The lowest BCUT2D eigenvalue weighted by Crippen LogP contribution is -2.42. The Hall–Kier alpha value is -1.85. The second-order valence-electron chi connectivity index (χ2n) is 4.81. The molecule has 0 spiro atoms. The molecule has 108 valence electrons. The van der Waals surface area contributed by atoms with E-state index in [2.05, 4.69) is 11.9 Å². The summed E-state index contributed by atoms with van der Waals surface area (Å²) < 4.78 is 11.3. The Bertz CT molecular complexity index is 487. The van der Waals surface area contributed by atoms with E-state index in [1.165, 1.54) is 0 Å². The van der Waals surface area contributed by atoms with Gasteiger partial charge in [-0.3, -0.25) is 0 Å². The van der Waals surface area contributed by atoms with Crippen molar-refractivity contribution in [2.75, 3.05) is 33.4 Å². The monoisotopic (exact) mass is 277 g/mol. The number of nitrogens with zero attached hydrogens (tertiary/aromatic N) is 1. The van der Waals surface area contributed by atoms with E-state index in [1.54, 1.807) is 6.08 Å². The van der Waals surface area contributed by atoms with Gasteiger partial charge in [-0.05, 0) is 30.8 Å². The summed E-state index contributed by atoms with van der Waals surface area (Å²) in [7, 11) is 2.06. The first-order chi connectivity index (χ1) is 9.63. The number of likely N-dealkylation sites (N-methyl/N-ethyl adjacent to an activating group) is 1. The summed E-state index contributed by atoms with van der Waals surface area (Å²) in [5, 5.41) is 8.60. The van der Waals surface area contributed by atoms with Gasteiger partial charge >= 0.3 is 5.97 Å². The summed E-state index contributed by atoms with van der Waals surface area (Å²) in [4.78, 5) is 12.7. The van der Waals surface area contributed by atoms with Gasteiger partial charge in [0.15, 0.2) is 0 Å². The van der Waals surface area contributed by atoms with Crippen molar-refractivity contribution in [3.8, 4) is 5.75 Å². The first-order valence-electron chi connectivity index (χ1n) is 6.57. The smallest absolute Gasteiger partial charge is 0.328 e. The lowest BCUT2D eigenvalue weighted by atomic mass is 10.2. The average molecular weight is 277 g/mol. The summed E-state index contributed by atoms with van der Waals surface area (Å²) in [6.45, 7) is 3.03. The third-order valence-corrected chi connectivity index (χ3v) is 3.05. The van der Waals surface area contributed by atoms with Crippen LogP contribution >= 0.6 is 0 Å². The first kappa shape index (κ1) is 14.6. The number of ether oxygens (including phenoxy) is 2. The third-order valence-electron chi connectivity index (χ3n) is 3.05. The molecule has 1 aromatic rings. The highest BCUT2D eigenvalue weighted by atomic mass is 16.5. The fraction of sp³-hybridized carbons (Fsp3) is 0.400. The SMILES string of the molecule is CN1CCOC(COc2cccc(C=CC(=O)O)c2)C1. The molecule has 5 heteroatoms. The number of carboxylic acids is 1. The van der Waals surface area contributed by atoms with Crippen molar-refractivity contribution in [2.24, 2.45) is 0 Å². The minimum absolute atomic E-state index is 0.0759. The van der Waals surface area contributed by atoms with E-state index in [1.807, 2.05) is 24.3 Å². The van der Waals surface area contributed by atoms with Crippen LogP contribution in [0.2, 0.25) is 0 Å². The molecule has 1 aromatic carbocycles. The molecule has 1 aliphatic heterocycles. The van der Waals surface area contributed by atoms with Gasteiger partial charge in [0, 0.05) is 19.2 Å². The number of rotatable bonds is 5. The van der Waals surface area contributed by atoms with Gasteiger partial charge in [-0.25, -0.2) is 4.79 Å². The molecule has 0 saturated carbocycles. The van der Waals surface area contributed by atoms with Gasteiger partial charge in [-0.1, -0.05) is 12.1 Å². The topological polar surface area (TPSA) is 59.0 Å². The maximum absolute atomic E-state index is 10.5. The number of hydrogen-bond acceptors (Lipinski definition) is 4.